The van der Waals surface area contributed by atoms with Crippen LogP contribution in [0.15, 0.2) is 48.9 Å². The molecule has 6 nitrogen and oxygen atoms in total. The average Bonchev–Trinajstić information content (AvgIpc) is 3.29. The third kappa shape index (κ3) is 2.64. The monoisotopic (exact) mass is 365 g/mol. The molecule has 4 rings (SSSR count). The summed E-state index contributed by atoms with van der Waals surface area (Å²) in [6, 6.07) is 11.3. The third-order valence-corrected chi connectivity index (χ3v) is 4.58. The molecule has 0 radical (unpaired) electrons. The highest BCUT2D eigenvalue weighted by molar-refractivity contribution is 6.31. The van der Waals surface area contributed by atoms with Gasteiger partial charge in [-0.05, 0) is 42.8 Å². The van der Waals surface area contributed by atoms with Crippen molar-refractivity contribution in [3.63, 3.8) is 0 Å². The molecule has 3 aromatic heterocycles. The number of hydrogen-bond donors (Lipinski definition) is 2. The summed E-state index contributed by atoms with van der Waals surface area (Å²) in [5, 5.41) is 7.49. The number of benzene rings is 1. The molecule has 0 bridgehead atoms. The number of hydrogen-bond acceptors (Lipinski definition) is 3. The van der Waals surface area contributed by atoms with Crippen LogP contribution in [-0.4, -0.2) is 32.5 Å². The molecule has 0 saturated carbocycles. The van der Waals surface area contributed by atoms with Crippen LogP contribution >= 0.6 is 11.6 Å². The zero-order valence-corrected chi connectivity index (χ0v) is 15.0. The molecule has 7 heteroatoms. The lowest BCUT2D eigenvalue weighted by atomic mass is 10.0. The highest BCUT2D eigenvalue weighted by Crippen LogP contribution is 2.33. The van der Waals surface area contributed by atoms with Crippen LogP contribution in [-0.2, 0) is 0 Å². The SMILES string of the molecule is CNC(=O)c1cc(-c2ncnn3cccc23)[nH]c1-c1cc(Cl)ccc1C. The fourth-order valence-corrected chi connectivity index (χ4v) is 3.22. The highest BCUT2D eigenvalue weighted by Gasteiger charge is 2.20. The first-order valence-corrected chi connectivity index (χ1v) is 8.46. The van der Waals surface area contributed by atoms with Gasteiger partial charge >= 0.3 is 0 Å². The average molecular weight is 366 g/mol. The molecular formula is C19H16ClN5O. The topological polar surface area (TPSA) is 75.1 Å². The molecule has 0 spiro atoms. The minimum Gasteiger partial charge on any atom is -0.355 e. The quantitative estimate of drug-likeness (QED) is 0.581. The van der Waals surface area contributed by atoms with Crippen LogP contribution in [0.4, 0.5) is 0 Å². The van der Waals surface area contributed by atoms with E-state index in [0.29, 0.717) is 16.3 Å². The summed E-state index contributed by atoms with van der Waals surface area (Å²) >= 11 is 6.18. The molecule has 0 saturated heterocycles. The van der Waals surface area contributed by atoms with Crippen molar-refractivity contribution in [2.75, 3.05) is 7.05 Å². The minimum atomic E-state index is -0.178. The lowest BCUT2D eigenvalue weighted by Crippen LogP contribution is -2.18. The maximum absolute atomic E-state index is 12.5. The molecule has 0 aliphatic heterocycles. The van der Waals surface area contributed by atoms with Crippen molar-refractivity contribution in [2.45, 2.75) is 6.92 Å². The number of halogens is 1. The molecule has 130 valence electrons. The van der Waals surface area contributed by atoms with Crippen molar-refractivity contribution < 1.29 is 4.79 Å². The molecule has 0 fully saturated rings. The minimum absolute atomic E-state index is 0.178. The summed E-state index contributed by atoms with van der Waals surface area (Å²) in [4.78, 5) is 20.2. The van der Waals surface area contributed by atoms with E-state index in [-0.39, 0.29) is 5.91 Å². The zero-order chi connectivity index (χ0) is 18.3. The molecule has 0 aliphatic rings. The Morgan fingerprint density at radius 1 is 1.27 bits per heavy atom. The van der Waals surface area contributed by atoms with E-state index in [1.165, 1.54) is 6.33 Å². The van der Waals surface area contributed by atoms with Gasteiger partial charge in [-0.25, -0.2) is 9.50 Å². The van der Waals surface area contributed by atoms with Crippen LogP contribution < -0.4 is 5.32 Å². The molecule has 2 N–H and O–H groups in total. The number of nitrogens with one attached hydrogen (secondary N) is 2. The Kier molecular flexibility index (Phi) is 3.97. The van der Waals surface area contributed by atoms with E-state index in [1.54, 1.807) is 11.6 Å². The number of nitrogens with zero attached hydrogens (tertiary/aromatic N) is 3. The molecule has 0 aliphatic carbocycles. The molecule has 0 atom stereocenters. The predicted octanol–water partition coefficient (Wildman–Crippen LogP) is 3.71. The van der Waals surface area contributed by atoms with Gasteiger partial charge in [0.2, 0.25) is 0 Å². The number of amides is 1. The van der Waals surface area contributed by atoms with Gasteiger partial charge in [0.15, 0.2) is 0 Å². The number of aromatic amines is 1. The van der Waals surface area contributed by atoms with Gasteiger partial charge in [-0.2, -0.15) is 5.10 Å². The predicted molar refractivity (Wildman–Crippen MR) is 101 cm³/mol. The number of fused-ring (bicyclic) bond motifs is 1. The van der Waals surface area contributed by atoms with Crippen molar-refractivity contribution in [3.05, 3.63) is 65.1 Å². The Labute approximate surface area is 154 Å². The van der Waals surface area contributed by atoms with Crippen molar-refractivity contribution in [3.8, 4) is 22.6 Å². The fourth-order valence-electron chi connectivity index (χ4n) is 3.05. The van der Waals surface area contributed by atoms with E-state index in [1.807, 2.05) is 49.5 Å². The molecule has 1 amide bonds. The number of H-pyrrole nitrogens is 1. The molecule has 0 unspecified atom stereocenters. The second-order valence-electron chi connectivity index (χ2n) is 5.96. The number of aromatic nitrogens is 4. The Morgan fingerprint density at radius 2 is 2.12 bits per heavy atom. The van der Waals surface area contributed by atoms with Crippen molar-refractivity contribution in [1.82, 2.24) is 24.9 Å². The van der Waals surface area contributed by atoms with E-state index < -0.39 is 0 Å². The van der Waals surface area contributed by atoms with Gasteiger partial charge in [0.05, 0.1) is 22.5 Å². The summed E-state index contributed by atoms with van der Waals surface area (Å²) in [6.45, 7) is 1.98. The van der Waals surface area contributed by atoms with Crippen LogP contribution in [0.3, 0.4) is 0 Å². The van der Waals surface area contributed by atoms with Crippen LogP contribution in [0.1, 0.15) is 15.9 Å². The van der Waals surface area contributed by atoms with Crippen molar-refractivity contribution in [2.24, 2.45) is 0 Å². The Bertz CT molecular complexity index is 1130. The van der Waals surface area contributed by atoms with E-state index in [2.05, 4.69) is 20.4 Å². The maximum atomic E-state index is 12.5. The second-order valence-corrected chi connectivity index (χ2v) is 6.39. The molecule has 26 heavy (non-hydrogen) atoms. The van der Waals surface area contributed by atoms with Gasteiger partial charge < -0.3 is 10.3 Å². The third-order valence-electron chi connectivity index (χ3n) is 4.35. The Balaban J connectivity index is 1.96. The highest BCUT2D eigenvalue weighted by atomic mass is 35.5. The first-order chi connectivity index (χ1) is 12.6. The zero-order valence-electron chi connectivity index (χ0n) is 14.2. The number of carbonyl (C=O) groups excluding carboxylic acids is 1. The maximum Gasteiger partial charge on any atom is 0.253 e. The van der Waals surface area contributed by atoms with Gasteiger partial charge in [0, 0.05) is 23.8 Å². The molecule has 4 aromatic rings. The Morgan fingerprint density at radius 3 is 2.92 bits per heavy atom. The molecular weight excluding hydrogens is 350 g/mol. The Hall–Kier alpha value is -3.12. The summed E-state index contributed by atoms with van der Waals surface area (Å²) in [6.07, 6.45) is 3.35. The van der Waals surface area contributed by atoms with Crippen LogP contribution in [0.25, 0.3) is 28.2 Å². The number of aryl methyl sites for hydroxylation is 1. The second kappa shape index (κ2) is 6.31. The smallest absolute Gasteiger partial charge is 0.253 e. The number of carbonyl (C=O) groups is 1. The van der Waals surface area contributed by atoms with E-state index in [4.69, 9.17) is 11.6 Å². The van der Waals surface area contributed by atoms with E-state index >= 15 is 0 Å². The van der Waals surface area contributed by atoms with Gasteiger partial charge in [-0.1, -0.05) is 17.7 Å². The first-order valence-electron chi connectivity index (χ1n) is 8.09. The van der Waals surface area contributed by atoms with Crippen LogP contribution in [0.5, 0.6) is 0 Å². The van der Waals surface area contributed by atoms with Crippen LogP contribution in [0.2, 0.25) is 5.02 Å². The summed E-state index contributed by atoms with van der Waals surface area (Å²) < 4.78 is 1.74. The summed E-state index contributed by atoms with van der Waals surface area (Å²) in [5.41, 5.74) is 5.46. The van der Waals surface area contributed by atoms with Gasteiger partial charge in [0.1, 0.15) is 12.0 Å². The van der Waals surface area contributed by atoms with Crippen molar-refractivity contribution >= 4 is 23.0 Å². The lowest BCUT2D eigenvalue weighted by Gasteiger charge is -2.07. The van der Waals surface area contributed by atoms with Crippen molar-refractivity contribution in [1.29, 1.82) is 0 Å². The standard InChI is InChI=1S/C19H16ClN5O/c1-11-5-6-12(20)8-13(11)17-14(19(26)21-2)9-15(24-17)18-16-4-3-7-25(16)23-10-22-18/h3-10,24H,1-2H3,(H,21,26). The van der Waals surface area contributed by atoms with Gasteiger partial charge in [0.25, 0.3) is 5.91 Å². The summed E-state index contributed by atoms with van der Waals surface area (Å²) in [7, 11) is 1.61. The molecule has 3 heterocycles. The normalized spacial score (nSPS) is 11.0. The number of rotatable bonds is 3. The fraction of sp³-hybridized carbons (Fsp3) is 0.105. The van der Waals surface area contributed by atoms with E-state index in [0.717, 1.165) is 28.0 Å². The van der Waals surface area contributed by atoms with Gasteiger partial charge in [-0.3, -0.25) is 4.79 Å². The van der Waals surface area contributed by atoms with Gasteiger partial charge in [-0.15, -0.1) is 0 Å². The summed E-state index contributed by atoms with van der Waals surface area (Å²) in [5.74, 6) is -0.178. The first kappa shape index (κ1) is 16.4. The molecule has 1 aromatic carbocycles. The largest absolute Gasteiger partial charge is 0.355 e. The van der Waals surface area contributed by atoms with E-state index in [9.17, 15) is 4.79 Å². The van der Waals surface area contributed by atoms with Crippen LogP contribution in [0, 0.1) is 6.92 Å². The lowest BCUT2D eigenvalue weighted by molar-refractivity contribution is 0.0964.